The Bertz CT molecular complexity index is 651. The van der Waals surface area contributed by atoms with Gasteiger partial charge in [-0.1, -0.05) is 15.9 Å². The molecule has 0 saturated carbocycles. The van der Waals surface area contributed by atoms with Gasteiger partial charge in [-0.2, -0.15) is 17.6 Å². The molecule has 4 nitrogen and oxygen atoms in total. The Morgan fingerprint density at radius 3 is 2.53 bits per heavy atom. The van der Waals surface area contributed by atoms with Gasteiger partial charge in [0.15, 0.2) is 0 Å². The molecule has 0 saturated heterocycles. The van der Waals surface area contributed by atoms with Crippen molar-refractivity contribution in [2.75, 3.05) is 0 Å². The van der Waals surface area contributed by atoms with Crippen molar-refractivity contribution in [2.24, 2.45) is 0 Å². The highest BCUT2D eigenvalue weighted by atomic mass is 79.9. The number of benzene rings is 1. The number of aromatic nitrogens is 2. The van der Waals surface area contributed by atoms with Crippen molar-refractivity contribution in [3.63, 3.8) is 0 Å². The predicted molar refractivity (Wildman–Crippen MR) is 71.4 cm³/mol. The molecule has 90 valence electrons. The maximum absolute atomic E-state index is 12.2. The summed E-state index contributed by atoms with van der Waals surface area (Å²) in [6, 6.07) is 4.88. The number of nitrogens with zero attached hydrogens (tertiary/aromatic N) is 2. The highest BCUT2D eigenvalue weighted by Gasteiger charge is 2.21. The number of rotatable bonds is 2. The van der Waals surface area contributed by atoms with Crippen LogP contribution in [0.5, 0.6) is 0 Å². The van der Waals surface area contributed by atoms with Crippen molar-refractivity contribution in [3.8, 4) is 0 Å². The van der Waals surface area contributed by atoms with Crippen LogP contribution in [0.1, 0.15) is 5.56 Å². The maximum Gasteiger partial charge on any atom is 0.284 e. The number of halogens is 2. The first kappa shape index (κ1) is 12.8. The Labute approximate surface area is 116 Å². The normalized spacial score (nSPS) is 11.7. The van der Waals surface area contributed by atoms with Gasteiger partial charge in [-0.25, -0.2) is 0 Å². The van der Waals surface area contributed by atoms with Gasteiger partial charge in [0.2, 0.25) is 0 Å². The van der Waals surface area contributed by atoms with Crippen LogP contribution in [0.4, 0.5) is 0 Å². The minimum Gasteiger partial charge on any atom is -0.199 e. The fraction of sp³-hybridized carbons (Fsp3) is 0.100. The van der Waals surface area contributed by atoms with Crippen molar-refractivity contribution in [2.45, 2.75) is 11.8 Å². The summed E-state index contributed by atoms with van der Waals surface area (Å²) < 4.78 is 26.7. The van der Waals surface area contributed by atoms with Gasteiger partial charge in [0, 0.05) is 15.1 Å². The molecular formula is C10H8Br2N2O2S. The molecule has 2 aromatic rings. The van der Waals surface area contributed by atoms with Gasteiger partial charge in [-0.3, -0.25) is 0 Å². The average molecular weight is 380 g/mol. The van der Waals surface area contributed by atoms with E-state index >= 15 is 0 Å². The van der Waals surface area contributed by atoms with Gasteiger partial charge in [0.05, 0.1) is 6.20 Å². The lowest BCUT2D eigenvalue weighted by Crippen LogP contribution is -2.14. The van der Waals surface area contributed by atoms with Crippen LogP contribution in [0.15, 0.2) is 44.4 Å². The van der Waals surface area contributed by atoms with Gasteiger partial charge in [-0.05, 0) is 46.6 Å². The molecule has 17 heavy (non-hydrogen) atoms. The van der Waals surface area contributed by atoms with E-state index in [2.05, 4.69) is 37.0 Å². The molecule has 1 heterocycles. The molecule has 0 radical (unpaired) electrons. The van der Waals surface area contributed by atoms with Crippen molar-refractivity contribution >= 4 is 41.9 Å². The molecule has 0 bridgehead atoms. The molecule has 7 heteroatoms. The summed E-state index contributed by atoms with van der Waals surface area (Å²) in [5.41, 5.74) is 0.955. The lowest BCUT2D eigenvalue weighted by Gasteiger charge is -2.08. The molecule has 1 aromatic heterocycles. The highest BCUT2D eigenvalue weighted by molar-refractivity contribution is 9.11. The van der Waals surface area contributed by atoms with Gasteiger partial charge in [0.25, 0.3) is 10.0 Å². The number of aryl methyl sites for hydroxylation is 1. The quantitative estimate of drug-likeness (QED) is 0.805. The van der Waals surface area contributed by atoms with E-state index in [9.17, 15) is 8.42 Å². The zero-order chi connectivity index (χ0) is 12.6. The van der Waals surface area contributed by atoms with Crippen molar-refractivity contribution in [3.05, 3.63) is 45.1 Å². The Balaban J connectivity index is 2.67. The molecule has 0 N–H and O–H groups in total. The van der Waals surface area contributed by atoms with Crippen LogP contribution in [0.25, 0.3) is 0 Å². The second-order valence-electron chi connectivity index (χ2n) is 3.42. The minimum atomic E-state index is -3.64. The minimum absolute atomic E-state index is 0.179. The molecule has 0 atom stereocenters. The summed E-state index contributed by atoms with van der Waals surface area (Å²) in [6.45, 7) is 1.89. The lowest BCUT2D eigenvalue weighted by atomic mass is 10.2. The smallest absolute Gasteiger partial charge is 0.199 e. The molecule has 0 amide bonds. The van der Waals surface area contributed by atoms with Crippen molar-refractivity contribution < 1.29 is 8.42 Å². The van der Waals surface area contributed by atoms with E-state index in [0.29, 0.717) is 4.47 Å². The lowest BCUT2D eigenvalue weighted by molar-refractivity contribution is 0.579. The molecule has 0 spiro atoms. The number of hydrogen-bond acceptors (Lipinski definition) is 3. The molecule has 0 aliphatic rings. The van der Waals surface area contributed by atoms with Crippen LogP contribution in [-0.4, -0.2) is 17.6 Å². The maximum atomic E-state index is 12.2. The van der Waals surface area contributed by atoms with Gasteiger partial charge in [0.1, 0.15) is 4.90 Å². The van der Waals surface area contributed by atoms with Gasteiger partial charge < -0.3 is 0 Å². The van der Waals surface area contributed by atoms with Crippen LogP contribution in [0.2, 0.25) is 0 Å². The molecule has 1 aromatic carbocycles. The molecule has 0 aliphatic heterocycles. The average Bonchev–Trinajstić information content (AvgIpc) is 2.77. The molecule has 0 aliphatic carbocycles. The SMILES string of the molecule is Cc1cc(Br)c(S(=O)(=O)n2cccn2)cc1Br. The van der Waals surface area contributed by atoms with E-state index in [1.807, 2.05) is 6.92 Å². The van der Waals surface area contributed by atoms with E-state index in [1.165, 1.54) is 12.4 Å². The van der Waals surface area contributed by atoms with Crippen LogP contribution < -0.4 is 0 Å². The molecule has 2 rings (SSSR count). The summed E-state index contributed by atoms with van der Waals surface area (Å²) in [7, 11) is -3.64. The Morgan fingerprint density at radius 2 is 1.94 bits per heavy atom. The van der Waals surface area contributed by atoms with Crippen LogP contribution >= 0.6 is 31.9 Å². The summed E-state index contributed by atoms with van der Waals surface area (Å²) in [4.78, 5) is 0.179. The summed E-state index contributed by atoms with van der Waals surface area (Å²) in [6.07, 6.45) is 2.82. The topological polar surface area (TPSA) is 52.0 Å². The van der Waals surface area contributed by atoms with E-state index in [-0.39, 0.29) is 4.90 Å². The monoisotopic (exact) mass is 378 g/mol. The molecular weight excluding hydrogens is 372 g/mol. The van der Waals surface area contributed by atoms with Crippen LogP contribution in [-0.2, 0) is 10.0 Å². The highest BCUT2D eigenvalue weighted by Crippen LogP contribution is 2.29. The van der Waals surface area contributed by atoms with Gasteiger partial charge in [-0.15, -0.1) is 0 Å². The fourth-order valence-electron chi connectivity index (χ4n) is 1.32. The second kappa shape index (κ2) is 4.55. The van der Waals surface area contributed by atoms with Crippen molar-refractivity contribution in [1.29, 1.82) is 0 Å². The second-order valence-corrected chi connectivity index (χ2v) is 6.89. The number of hydrogen-bond donors (Lipinski definition) is 0. The third-order valence-electron chi connectivity index (χ3n) is 2.22. The van der Waals surface area contributed by atoms with E-state index in [4.69, 9.17) is 0 Å². The van der Waals surface area contributed by atoms with E-state index in [0.717, 1.165) is 14.1 Å². The first-order valence-electron chi connectivity index (χ1n) is 4.64. The largest absolute Gasteiger partial charge is 0.284 e. The third-order valence-corrected chi connectivity index (χ3v) is 5.59. The van der Waals surface area contributed by atoms with Crippen LogP contribution in [0, 0.1) is 6.92 Å². The summed E-state index contributed by atoms with van der Waals surface area (Å²) in [5.74, 6) is 0. The summed E-state index contributed by atoms with van der Waals surface area (Å²) in [5, 5.41) is 3.75. The van der Waals surface area contributed by atoms with E-state index < -0.39 is 10.0 Å². The van der Waals surface area contributed by atoms with Gasteiger partial charge >= 0.3 is 0 Å². The van der Waals surface area contributed by atoms with Crippen molar-refractivity contribution in [1.82, 2.24) is 9.19 Å². The third kappa shape index (κ3) is 2.31. The first-order valence-corrected chi connectivity index (χ1v) is 7.66. The fourth-order valence-corrected chi connectivity index (χ4v) is 4.07. The molecule has 0 fully saturated rings. The Kier molecular flexibility index (Phi) is 3.42. The predicted octanol–water partition coefficient (Wildman–Crippen LogP) is 2.95. The standard InChI is InChI=1S/C10H8Br2N2O2S/c1-7-5-9(12)10(6-8(7)11)17(15,16)14-4-2-3-13-14/h2-6H,1H3. The zero-order valence-corrected chi connectivity index (χ0v) is 12.8. The summed E-state index contributed by atoms with van der Waals surface area (Å²) >= 11 is 6.58. The first-order chi connectivity index (χ1) is 7.93. The molecule has 0 unspecified atom stereocenters. The zero-order valence-electron chi connectivity index (χ0n) is 8.76. The Morgan fingerprint density at radius 1 is 1.24 bits per heavy atom. The van der Waals surface area contributed by atoms with E-state index in [1.54, 1.807) is 18.2 Å². The van der Waals surface area contributed by atoms with Crippen LogP contribution in [0.3, 0.4) is 0 Å². The Hall–Kier alpha value is -0.660.